The third kappa shape index (κ3) is 3.05. The van der Waals surface area contributed by atoms with Crippen LogP contribution in [0.2, 0.25) is 0 Å². The second kappa shape index (κ2) is 5.78. The standard InChI is InChI=1S/C13H22N2S/c1-2-14-10-13(6-4-3-5-7-13)8-12-9-16-11-15-12/h9,11,14H,2-8,10H2,1H3. The van der Waals surface area contributed by atoms with E-state index in [9.17, 15) is 0 Å². The molecule has 0 unspecified atom stereocenters. The Hall–Kier alpha value is -0.410. The molecule has 1 N–H and O–H groups in total. The molecule has 3 heteroatoms. The van der Waals surface area contributed by atoms with Crippen molar-refractivity contribution in [3.05, 3.63) is 16.6 Å². The molecule has 0 saturated heterocycles. The Morgan fingerprint density at radius 1 is 1.38 bits per heavy atom. The quantitative estimate of drug-likeness (QED) is 0.852. The Balaban J connectivity index is 2.01. The van der Waals surface area contributed by atoms with Gasteiger partial charge in [-0.3, -0.25) is 0 Å². The fourth-order valence-electron chi connectivity index (χ4n) is 2.82. The van der Waals surface area contributed by atoms with Crippen LogP contribution >= 0.6 is 11.3 Å². The van der Waals surface area contributed by atoms with E-state index >= 15 is 0 Å². The molecule has 1 aliphatic rings. The van der Waals surface area contributed by atoms with E-state index in [0.29, 0.717) is 5.41 Å². The lowest BCUT2D eigenvalue weighted by atomic mass is 9.71. The van der Waals surface area contributed by atoms with Gasteiger partial charge in [0.2, 0.25) is 0 Å². The number of hydrogen-bond donors (Lipinski definition) is 1. The van der Waals surface area contributed by atoms with E-state index in [4.69, 9.17) is 0 Å². The zero-order valence-electron chi connectivity index (χ0n) is 10.2. The van der Waals surface area contributed by atoms with Crippen LogP contribution in [-0.2, 0) is 6.42 Å². The fourth-order valence-corrected chi connectivity index (χ4v) is 3.38. The van der Waals surface area contributed by atoms with Crippen LogP contribution in [0.25, 0.3) is 0 Å². The van der Waals surface area contributed by atoms with Crippen molar-refractivity contribution in [3.8, 4) is 0 Å². The van der Waals surface area contributed by atoms with Gasteiger partial charge in [0, 0.05) is 11.9 Å². The number of rotatable bonds is 5. The van der Waals surface area contributed by atoms with Crippen molar-refractivity contribution in [2.24, 2.45) is 5.41 Å². The Kier molecular flexibility index (Phi) is 4.36. The van der Waals surface area contributed by atoms with Gasteiger partial charge in [0.05, 0.1) is 11.2 Å². The molecule has 0 aromatic carbocycles. The summed E-state index contributed by atoms with van der Waals surface area (Å²) in [4.78, 5) is 4.45. The van der Waals surface area contributed by atoms with Gasteiger partial charge in [-0.1, -0.05) is 26.2 Å². The molecule has 2 nitrogen and oxygen atoms in total. The molecule has 0 bridgehead atoms. The van der Waals surface area contributed by atoms with Gasteiger partial charge in [0.15, 0.2) is 0 Å². The molecule has 1 aromatic rings. The molecule has 1 aromatic heterocycles. The van der Waals surface area contributed by atoms with Gasteiger partial charge in [-0.15, -0.1) is 11.3 Å². The molecule has 0 atom stereocenters. The van der Waals surface area contributed by atoms with Crippen molar-refractivity contribution < 1.29 is 0 Å². The average Bonchev–Trinajstić information content (AvgIpc) is 2.80. The summed E-state index contributed by atoms with van der Waals surface area (Å²) in [5.74, 6) is 0. The summed E-state index contributed by atoms with van der Waals surface area (Å²) in [7, 11) is 0. The molecule has 90 valence electrons. The SMILES string of the molecule is CCNCC1(Cc2cscn2)CCCCC1. The number of nitrogens with one attached hydrogen (secondary N) is 1. The summed E-state index contributed by atoms with van der Waals surface area (Å²) in [6.07, 6.45) is 8.13. The largest absolute Gasteiger partial charge is 0.316 e. The molecule has 0 aliphatic heterocycles. The molecule has 0 spiro atoms. The third-order valence-electron chi connectivity index (χ3n) is 3.70. The summed E-state index contributed by atoms with van der Waals surface area (Å²) in [6, 6.07) is 0. The predicted molar refractivity (Wildman–Crippen MR) is 69.9 cm³/mol. The highest BCUT2D eigenvalue weighted by Crippen LogP contribution is 2.38. The van der Waals surface area contributed by atoms with Crippen molar-refractivity contribution in [2.75, 3.05) is 13.1 Å². The lowest BCUT2D eigenvalue weighted by Crippen LogP contribution is -2.38. The number of nitrogens with zero attached hydrogens (tertiary/aromatic N) is 1. The summed E-state index contributed by atoms with van der Waals surface area (Å²) in [6.45, 7) is 4.44. The smallest absolute Gasteiger partial charge is 0.0794 e. The van der Waals surface area contributed by atoms with Crippen LogP contribution in [0.5, 0.6) is 0 Å². The van der Waals surface area contributed by atoms with Crippen molar-refractivity contribution >= 4 is 11.3 Å². The minimum atomic E-state index is 0.488. The maximum atomic E-state index is 4.45. The summed E-state index contributed by atoms with van der Waals surface area (Å²) < 4.78 is 0. The van der Waals surface area contributed by atoms with E-state index in [1.54, 1.807) is 11.3 Å². The van der Waals surface area contributed by atoms with Crippen LogP contribution in [0.15, 0.2) is 10.9 Å². The highest BCUT2D eigenvalue weighted by molar-refractivity contribution is 7.07. The monoisotopic (exact) mass is 238 g/mol. The van der Waals surface area contributed by atoms with Crippen LogP contribution in [-0.4, -0.2) is 18.1 Å². The first-order chi connectivity index (χ1) is 7.85. The molecule has 1 saturated carbocycles. The molecule has 0 radical (unpaired) electrons. The van der Waals surface area contributed by atoms with Crippen LogP contribution in [0.1, 0.15) is 44.7 Å². The van der Waals surface area contributed by atoms with E-state index < -0.39 is 0 Å². The summed E-state index contributed by atoms with van der Waals surface area (Å²) in [5.41, 5.74) is 3.74. The van der Waals surface area contributed by atoms with Crippen LogP contribution in [0.3, 0.4) is 0 Å². The molecule has 16 heavy (non-hydrogen) atoms. The second-order valence-electron chi connectivity index (χ2n) is 5.00. The van der Waals surface area contributed by atoms with E-state index in [1.165, 1.54) is 50.8 Å². The van der Waals surface area contributed by atoms with E-state index in [-0.39, 0.29) is 0 Å². The van der Waals surface area contributed by atoms with Gasteiger partial charge in [-0.2, -0.15) is 0 Å². The van der Waals surface area contributed by atoms with Crippen molar-refractivity contribution in [2.45, 2.75) is 45.4 Å². The fraction of sp³-hybridized carbons (Fsp3) is 0.769. The molecular formula is C13H22N2S. The minimum Gasteiger partial charge on any atom is -0.316 e. The van der Waals surface area contributed by atoms with Crippen molar-refractivity contribution in [1.82, 2.24) is 10.3 Å². The maximum Gasteiger partial charge on any atom is 0.0794 e. The predicted octanol–water partition coefficient (Wildman–Crippen LogP) is 3.25. The first-order valence-electron chi connectivity index (χ1n) is 6.42. The average molecular weight is 238 g/mol. The summed E-state index contributed by atoms with van der Waals surface area (Å²) >= 11 is 1.72. The highest BCUT2D eigenvalue weighted by atomic mass is 32.1. The molecule has 1 heterocycles. The number of thiazole rings is 1. The second-order valence-corrected chi connectivity index (χ2v) is 5.72. The van der Waals surface area contributed by atoms with E-state index in [0.717, 1.165) is 6.54 Å². The van der Waals surface area contributed by atoms with E-state index in [2.05, 4.69) is 22.6 Å². The topological polar surface area (TPSA) is 24.9 Å². The Morgan fingerprint density at radius 2 is 2.19 bits per heavy atom. The van der Waals surface area contributed by atoms with Gasteiger partial charge in [-0.25, -0.2) is 4.98 Å². The van der Waals surface area contributed by atoms with Gasteiger partial charge >= 0.3 is 0 Å². The van der Waals surface area contributed by atoms with Gasteiger partial charge in [0.1, 0.15) is 0 Å². The zero-order chi connectivity index (χ0) is 11.3. The van der Waals surface area contributed by atoms with Gasteiger partial charge < -0.3 is 5.32 Å². The summed E-state index contributed by atoms with van der Waals surface area (Å²) in [5, 5.41) is 5.76. The third-order valence-corrected chi connectivity index (χ3v) is 4.34. The minimum absolute atomic E-state index is 0.488. The van der Waals surface area contributed by atoms with Gasteiger partial charge in [0.25, 0.3) is 0 Å². The molecule has 2 rings (SSSR count). The van der Waals surface area contributed by atoms with Crippen LogP contribution < -0.4 is 5.32 Å². The molecule has 1 aliphatic carbocycles. The molecular weight excluding hydrogens is 216 g/mol. The first-order valence-corrected chi connectivity index (χ1v) is 7.37. The zero-order valence-corrected chi connectivity index (χ0v) is 11.0. The number of aromatic nitrogens is 1. The number of hydrogen-bond acceptors (Lipinski definition) is 3. The molecule has 1 fully saturated rings. The maximum absolute atomic E-state index is 4.45. The Labute approximate surface area is 102 Å². The lowest BCUT2D eigenvalue weighted by Gasteiger charge is -2.37. The van der Waals surface area contributed by atoms with Crippen molar-refractivity contribution in [3.63, 3.8) is 0 Å². The van der Waals surface area contributed by atoms with Gasteiger partial charge in [-0.05, 0) is 31.2 Å². The lowest BCUT2D eigenvalue weighted by molar-refractivity contribution is 0.180. The van der Waals surface area contributed by atoms with Crippen LogP contribution in [0.4, 0.5) is 0 Å². The van der Waals surface area contributed by atoms with E-state index in [1.807, 2.05) is 5.51 Å². The molecule has 0 amide bonds. The Bertz CT molecular complexity index is 289. The van der Waals surface area contributed by atoms with Crippen molar-refractivity contribution in [1.29, 1.82) is 0 Å². The van der Waals surface area contributed by atoms with Crippen LogP contribution in [0, 0.1) is 5.41 Å². The highest BCUT2D eigenvalue weighted by Gasteiger charge is 2.32. The normalized spacial score (nSPS) is 19.8. The first kappa shape index (κ1) is 12.1. The Morgan fingerprint density at radius 3 is 2.81 bits per heavy atom.